The Morgan fingerprint density at radius 3 is 1.46 bits per heavy atom. The molecule has 0 radical (unpaired) electrons. The zero-order chi connectivity index (χ0) is 35.5. The maximum Gasteiger partial charge on any atom is 0.0991 e. The van der Waals surface area contributed by atoms with Gasteiger partial charge in [0.05, 0.1) is 50.5 Å². The summed E-state index contributed by atoms with van der Waals surface area (Å²) in [6, 6.07) is 56.8. The molecule has 12 rings (SSSR count). The normalized spacial score (nSPS) is 13.6. The van der Waals surface area contributed by atoms with Gasteiger partial charge in [-0.3, -0.25) is 9.97 Å². The Labute approximate surface area is 314 Å². The molecular weight excluding hydrogens is 679 g/mol. The van der Waals surface area contributed by atoms with Crippen LogP contribution in [0, 0.1) is 11.3 Å². The van der Waals surface area contributed by atoms with Gasteiger partial charge in [-0.1, -0.05) is 78.5 Å². The highest BCUT2D eigenvalue weighted by molar-refractivity contribution is 7.99. The third-order valence-corrected chi connectivity index (χ3v) is 12.7. The van der Waals surface area contributed by atoms with E-state index in [-0.39, 0.29) is 0 Å². The van der Waals surface area contributed by atoms with Gasteiger partial charge in [-0.2, -0.15) is 5.26 Å². The van der Waals surface area contributed by atoms with Crippen LogP contribution in [-0.4, -0.2) is 19.1 Å². The van der Waals surface area contributed by atoms with Crippen LogP contribution in [-0.2, 0) is 5.41 Å². The lowest BCUT2D eigenvalue weighted by atomic mass is 9.67. The summed E-state index contributed by atoms with van der Waals surface area (Å²) in [5.41, 5.74) is 13.2. The molecule has 5 heterocycles. The van der Waals surface area contributed by atoms with Crippen molar-refractivity contribution in [1.82, 2.24) is 19.1 Å². The number of pyridine rings is 2. The van der Waals surface area contributed by atoms with E-state index in [1.165, 1.54) is 42.7 Å². The quantitative estimate of drug-likeness (QED) is 0.180. The van der Waals surface area contributed by atoms with E-state index in [9.17, 15) is 5.26 Å². The number of para-hydroxylation sites is 3. The molecule has 0 saturated carbocycles. The Kier molecular flexibility index (Phi) is 5.92. The monoisotopic (exact) mass is 705 g/mol. The molecule has 2 aliphatic rings. The fourth-order valence-electron chi connectivity index (χ4n) is 9.38. The highest BCUT2D eigenvalue weighted by Gasteiger charge is 2.52. The number of hydrogen-bond acceptors (Lipinski definition) is 4. The van der Waals surface area contributed by atoms with Gasteiger partial charge in [-0.05, 0) is 107 Å². The topological polar surface area (TPSA) is 59.4 Å². The van der Waals surface area contributed by atoms with Crippen LogP contribution in [0.15, 0.2) is 174 Å². The van der Waals surface area contributed by atoms with Crippen molar-refractivity contribution in [2.45, 2.75) is 15.2 Å². The first-order valence-corrected chi connectivity index (χ1v) is 18.9. The lowest BCUT2D eigenvalue weighted by Gasteiger charge is -2.39. The number of rotatable bonds is 2. The van der Waals surface area contributed by atoms with E-state index in [0.717, 1.165) is 55.7 Å². The zero-order valence-electron chi connectivity index (χ0n) is 28.7. The van der Waals surface area contributed by atoms with E-state index in [1.54, 1.807) is 0 Å². The van der Waals surface area contributed by atoms with Crippen LogP contribution in [0.4, 0.5) is 0 Å². The van der Waals surface area contributed by atoms with Gasteiger partial charge in [0.1, 0.15) is 0 Å². The molecule has 1 aliphatic heterocycles. The molecule has 4 aromatic heterocycles. The summed E-state index contributed by atoms with van der Waals surface area (Å²) in [5.74, 6) is 0. The average molecular weight is 706 g/mol. The van der Waals surface area contributed by atoms with Gasteiger partial charge >= 0.3 is 0 Å². The fraction of sp³-hybridized carbons (Fsp3) is 0.0208. The van der Waals surface area contributed by atoms with E-state index in [4.69, 9.17) is 9.97 Å². The van der Waals surface area contributed by atoms with Gasteiger partial charge in [-0.25, -0.2) is 0 Å². The minimum absolute atomic E-state index is 0.654. The van der Waals surface area contributed by atoms with Crippen molar-refractivity contribution in [3.8, 4) is 28.8 Å². The van der Waals surface area contributed by atoms with Crippen molar-refractivity contribution in [1.29, 1.82) is 5.26 Å². The van der Waals surface area contributed by atoms with Crippen LogP contribution in [0.25, 0.3) is 66.4 Å². The molecule has 0 fully saturated rings. The minimum atomic E-state index is -0.680. The number of fused-ring (bicyclic) bond motifs is 15. The van der Waals surface area contributed by atoms with Gasteiger partial charge in [0, 0.05) is 55.1 Å². The molecular formula is C48H27N5S. The SMILES string of the molecule is N#Cc1ccc2c(c1)c1ccccc1n2-c1ccc2c(c1)C1(c3cc(-n4c5ccccc5c5ccccc54)ccc3S2)c2cccnc2-c2ncccc21. The first-order valence-electron chi connectivity index (χ1n) is 18.0. The summed E-state index contributed by atoms with van der Waals surface area (Å²) in [7, 11) is 0. The Balaban J connectivity index is 1.19. The minimum Gasteiger partial charge on any atom is -0.309 e. The van der Waals surface area contributed by atoms with Crippen LogP contribution in [0.1, 0.15) is 27.8 Å². The summed E-state index contributed by atoms with van der Waals surface area (Å²) < 4.78 is 4.75. The molecule has 6 heteroatoms. The molecule has 10 aromatic rings. The van der Waals surface area contributed by atoms with Gasteiger partial charge in [0.15, 0.2) is 0 Å². The fourth-order valence-corrected chi connectivity index (χ4v) is 10.5. The van der Waals surface area contributed by atoms with Crippen molar-refractivity contribution in [2.24, 2.45) is 0 Å². The zero-order valence-corrected chi connectivity index (χ0v) is 29.5. The third kappa shape index (κ3) is 3.73. The molecule has 6 aromatic carbocycles. The molecule has 54 heavy (non-hydrogen) atoms. The smallest absolute Gasteiger partial charge is 0.0991 e. The first-order chi connectivity index (χ1) is 26.7. The lowest BCUT2D eigenvalue weighted by Crippen LogP contribution is -2.32. The van der Waals surface area contributed by atoms with Gasteiger partial charge in [0.2, 0.25) is 0 Å². The van der Waals surface area contributed by atoms with E-state index < -0.39 is 5.41 Å². The number of aromatic nitrogens is 4. The Morgan fingerprint density at radius 2 is 0.944 bits per heavy atom. The van der Waals surface area contributed by atoms with Crippen LogP contribution < -0.4 is 0 Å². The molecule has 0 atom stereocenters. The summed E-state index contributed by atoms with van der Waals surface area (Å²) in [5, 5.41) is 14.5. The molecule has 0 amide bonds. The maximum atomic E-state index is 9.80. The molecule has 0 unspecified atom stereocenters. The number of hydrogen-bond donors (Lipinski definition) is 0. The van der Waals surface area contributed by atoms with Crippen LogP contribution in [0.2, 0.25) is 0 Å². The van der Waals surface area contributed by atoms with E-state index >= 15 is 0 Å². The molecule has 0 bridgehead atoms. The van der Waals surface area contributed by atoms with E-state index in [2.05, 4.69) is 155 Å². The van der Waals surface area contributed by atoms with E-state index in [1.807, 2.05) is 36.3 Å². The first kappa shape index (κ1) is 29.6. The molecule has 1 spiro atoms. The van der Waals surface area contributed by atoms with Gasteiger partial charge in [-0.15, -0.1) is 0 Å². The summed E-state index contributed by atoms with van der Waals surface area (Å²) >= 11 is 1.83. The Hall–Kier alpha value is -6.94. The van der Waals surface area contributed by atoms with Crippen molar-refractivity contribution in [2.75, 3.05) is 0 Å². The van der Waals surface area contributed by atoms with Crippen molar-refractivity contribution >= 4 is 55.4 Å². The summed E-state index contributed by atoms with van der Waals surface area (Å²) in [6.45, 7) is 0. The molecule has 5 nitrogen and oxygen atoms in total. The number of benzene rings is 6. The molecule has 0 saturated heterocycles. The van der Waals surface area contributed by atoms with Crippen molar-refractivity contribution < 1.29 is 0 Å². The van der Waals surface area contributed by atoms with Gasteiger partial charge in [0.25, 0.3) is 0 Å². The largest absolute Gasteiger partial charge is 0.309 e. The molecule has 1 aliphatic carbocycles. The molecule has 0 N–H and O–H groups in total. The second kappa shape index (κ2) is 10.8. The average Bonchev–Trinajstić information content (AvgIpc) is 3.85. The predicted molar refractivity (Wildman–Crippen MR) is 217 cm³/mol. The van der Waals surface area contributed by atoms with Crippen molar-refractivity contribution in [3.63, 3.8) is 0 Å². The highest BCUT2D eigenvalue weighted by Crippen LogP contribution is 2.62. The second-order valence-electron chi connectivity index (χ2n) is 14.1. The number of nitriles is 1. The Bertz CT molecular complexity index is 3190. The highest BCUT2D eigenvalue weighted by atomic mass is 32.2. The summed E-state index contributed by atoms with van der Waals surface area (Å²) in [6.07, 6.45) is 3.77. The standard InChI is InChI=1S/C48H27N5S/c49-28-29-17-20-43-35(25-29)34-11-3-6-16-42(34)53(43)31-19-22-45-39(27-31)48(36-12-7-23-50-46(36)47-37(48)13-8-24-51-47)38-26-30(18-21-44(38)54-45)52-40-14-4-1-9-32(40)33-10-2-5-15-41(33)52/h1-27H. The summed E-state index contributed by atoms with van der Waals surface area (Å²) in [4.78, 5) is 12.4. The van der Waals surface area contributed by atoms with Crippen LogP contribution >= 0.6 is 11.8 Å². The Morgan fingerprint density at radius 1 is 0.463 bits per heavy atom. The number of nitrogens with zero attached hydrogens (tertiary/aromatic N) is 5. The third-order valence-electron chi connectivity index (χ3n) is 11.5. The molecule has 250 valence electrons. The van der Waals surface area contributed by atoms with Gasteiger partial charge < -0.3 is 9.13 Å². The van der Waals surface area contributed by atoms with Crippen LogP contribution in [0.3, 0.4) is 0 Å². The maximum absolute atomic E-state index is 9.80. The van der Waals surface area contributed by atoms with Crippen LogP contribution in [0.5, 0.6) is 0 Å². The second-order valence-corrected chi connectivity index (χ2v) is 15.2. The predicted octanol–water partition coefficient (Wildman–Crippen LogP) is 11.4. The van der Waals surface area contributed by atoms with Crippen molar-refractivity contribution in [3.05, 3.63) is 192 Å². The van der Waals surface area contributed by atoms with E-state index in [0.29, 0.717) is 5.56 Å². The lowest BCUT2D eigenvalue weighted by molar-refractivity contribution is 0.717.